The van der Waals surface area contributed by atoms with E-state index in [9.17, 15) is 13.2 Å². The average Bonchev–Trinajstić information content (AvgIpc) is 2.98. The van der Waals surface area contributed by atoms with E-state index in [1.54, 1.807) is 37.1 Å². The summed E-state index contributed by atoms with van der Waals surface area (Å²) in [6, 6.07) is 3.45. The third-order valence-electron chi connectivity index (χ3n) is 3.54. The predicted molar refractivity (Wildman–Crippen MR) is 81.9 cm³/mol. The second kappa shape index (κ2) is 7.06. The van der Waals surface area contributed by atoms with Crippen LogP contribution < -0.4 is 9.46 Å². The maximum absolute atomic E-state index is 12.3. The van der Waals surface area contributed by atoms with Crippen molar-refractivity contribution < 1.29 is 17.9 Å². The molecule has 2 atom stereocenters. The van der Waals surface area contributed by atoms with E-state index in [2.05, 4.69) is 9.71 Å². The Morgan fingerprint density at radius 1 is 1.59 bits per heavy atom. The van der Waals surface area contributed by atoms with Crippen LogP contribution in [0.25, 0.3) is 0 Å². The minimum atomic E-state index is -3.36. The van der Waals surface area contributed by atoms with Crippen molar-refractivity contribution in [1.82, 2.24) is 14.6 Å². The molecule has 0 aliphatic carbocycles. The number of hydrogen-bond donors (Lipinski definition) is 1. The Labute approximate surface area is 130 Å². The van der Waals surface area contributed by atoms with Gasteiger partial charge in [0.05, 0.1) is 11.4 Å². The first-order valence-electron chi connectivity index (χ1n) is 7.28. The molecule has 22 heavy (non-hydrogen) atoms. The van der Waals surface area contributed by atoms with Gasteiger partial charge in [0, 0.05) is 25.8 Å². The van der Waals surface area contributed by atoms with Gasteiger partial charge in [-0.15, -0.1) is 0 Å². The zero-order valence-corrected chi connectivity index (χ0v) is 13.5. The number of likely N-dealkylation sites (tertiary alicyclic amines) is 1. The fraction of sp³-hybridized carbons (Fsp3) is 0.571. The van der Waals surface area contributed by atoms with E-state index in [0.717, 1.165) is 0 Å². The summed E-state index contributed by atoms with van der Waals surface area (Å²) >= 11 is 0. The van der Waals surface area contributed by atoms with E-state index in [4.69, 9.17) is 4.74 Å². The Morgan fingerprint density at radius 2 is 2.36 bits per heavy atom. The van der Waals surface area contributed by atoms with E-state index in [1.165, 1.54) is 6.20 Å². The van der Waals surface area contributed by atoms with Crippen molar-refractivity contribution >= 4 is 15.9 Å². The summed E-state index contributed by atoms with van der Waals surface area (Å²) in [5.41, 5.74) is 0. The second-order valence-corrected chi connectivity index (χ2v) is 7.23. The molecular weight excluding hydrogens is 306 g/mol. The molecule has 8 heteroatoms. The number of carbonyl (C=O) groups excluding carboxylic acids is 1. The summed E-state index contributed by atoms with van der Waals surface area (Å²) in [5.74, 6) is 0.303. The van der Waals surface area contributed by atoms with E-state index in [-0.39, 0.29) is 12.5 Å². The first-order valence-corrected chi connectivity index (χ1v) is 8.82. The van der Waals surface area contributed by atoms with Crippen molar-refractivity contribution in [3.63, 3.8) is 0 Å². The van der Waals surface area contributed by atoms with Gasteiger partial charge in [-0.2, -0.15) is 0 Å². The third kappa shape index (κ3) is 3.95. The molecule has 0 spiro atoms. The first-order chi connectivity index (χ1) is 10.4. The van der Waals surface area contributed by atoms with Gasteiger partial charge >= 0.3 is 0 Å². The minimum Gasteiger partial charge on any atom is -0.479 e. The van der Waals surface area contributed by atoms with Crippen LogP contribution in [0.2, 0.25) is 0 Å². The van der Waals surface area contributed by atoms with Gasteiger partial charge in [-0.05, 0) is 25.5 Å². The number of hydrogen-bond acceptors (Lipinski definition) is 5. The smallest absolute Gasteiger partial charge is 0.263 e. The van der Waals surface area contributed by atoms with Crippen molar-refractivity contribution in [2.75, 3.05) is 19.6 Å². The molecule has 122 valence electrons. The fourth-order valence-electron chi connectivity index (χ4n) is 2.43. The number of amides is 1. The van der Waals surface area contributed by atoms with Crippen molar-refractivity contribution in [1.29, 1.82) is 0 Å². The molecule has 1 aliphatic rings. The Kier molecular flexibility index (Phi) is 5.36. The molecule has 1 fully saturated rings. The molecule has 7 nitrogen and oxygen atoms in total. The SMILES string of the molecule is CCNS(=O)(=O)C1CCN(C(=O)C(C)Oc2cccnc2)C1. The molecule has 0 bridgehead atoms. The molecule has 1 aromatic rings. The summed E-state index contributed by atoms with van der Waals surface area (Å²) in [5, 5.41) is -0.554. The summed E-state index contributed by atoms with van der Waals surface area (Å²) in [6.45, 7) is 4.37. The maximum atomic E-state index is 12.3. The van der Waals surface area contributed by atoms with Gasteiger partial charge in [-0.25, -0.2) is 13.1 Å². The zero-order chi connectivity index (χ0) is 16.2. The molecule has 1 aliphatic heterocycles. The van der Waals surface area contributed by atoms with E-state index < -0.39 is 21.4 Å². The van der Waals surface area contributed by atoms with Crippen LogP contribution in [0.4, 0.5) is 0 Å². The maximum Gasteiger partial charge on any atom is 0.263 e. The summed E-state index contributed by atoms with van der Waals surface area (Å²) < 4.78 is 32.0. The van der Waals surface area contributed by atoms with Crippen molar-refractivity contribution in [2.45, 2.75) is 31.6 Å². The van der Waals surface area contributed by atoms with Gasteiger partial charge in [-0.1, -0.05) is 6.92 Å². The number of nitrogens with one attached hydrogen (secondary N) is 1. The second-order valence-electron chi connectivity index (χ2n) is 5.19. The Morgan fingerprint density at radius 3 is 3.00 bits per heavy atom. The van der Waals surface area contributed by atoms with Gasteiger partial charge in [-0.3, -0.25) is 9.78 Å². The Bertz CT molecular complexity index is 606. The fourth-order valence-corrected chi connectivity index (χ4v) is 3.86. The number of pyridine rings is 1. The molecule has 1 saturated heterocycles. The van der Waals surface area contributed by atoms with Crippen molar-refractivity contribution in [2.24, 2.45) is 0 Å². The van der Waals surface area contributed by atoms with E-state index in [0.29, 0.717) is 25.3 Å². The molecule has 2 unspecified atom stereocenters. The monoisotopic (exact) mass is 327 g/mol. The molecule has 0 radical (unpaired) electrons. The lowest BCUT2D eigenvalue weighted by molar-refractivity contribution is -0.136. The molecule has 2 heterocycles. The van der Waals surface area contributed by atoms with Gasteiger partial charge in [0.15, 0.2) is 6.10 Å². The Balaban J connectivity index is 1.94. The first kappa shape index (κ1) is 16.7. The average molecular weight is 327 g/mol. The molecule has 0 saturated carbocycles. The van der Waals surface area contributed by atoms with Crippen LogP contribution in [-0.2, 0) is 14.8 Å². The highest BCUT2D eigenvalue weighted by Crippen LogP contribution is 2.18. The lowest BCUT2D eigenvalue weighted by Gasteiger charge is -2.21. The number of carbonyl (C=O) groups is 1. The lowest BCUT2D eigenvalue weighted by atomic mass is 10.3. The van der Waals surface area contributed by atoms with Crippen molar-refractivity contribution in [3.05, 3.63) is 24.5 Å². The van der Waals surface area contributed by atoms with Crippen LogP contribution in [0.1, 0.15) is 20.3 Å². The molecule has 2 rings (SSSR count). The van der Waals surface area contributed by atoms with Crippen LogP contribution >= 0.6 is 0 Å². The van der Waals surface area contributed by atoms with Crippen molar-refractivity contribution in [3.8, 4) is 5.75 Å². The molecule has 1 N–H and O–H groups in total. The van der Waals surface area contributed by atoms with Crippen LogP contribution in [0.15, 0.2) is 24.5 Å². The number of aromatic nitrogens is 1. The Hall–Kier alpha value is -1.67. The van der Waals surface area contributed by atoms with Crippen LogP contribution in [-0.4, -0.2) is 55.2 Å². The minimum absolute atomic E-state index is 0.203. The van der Waals surface area contributed by atoms with Gasteiger partial charge < -0.3 is 9.64 Å². The topological polar surface area (TPSA) is 88.6 Å². The number of nitrogens with zero attached hydrogens (tertiary/aromatic N) is 2. The van der Waals surface area contributed by atoms with E-state index in [1.807, 2.05) is 0 Å². The summed E-state index contributed by atoms with van der Waals surface area (Å²) in [7, 11) is -3.36. The lowest BCUT2D eigenvalue weighted by Crippen LogP contribution is -2.41. The summed E-state index contributed by atoms with van der Waals surface area (Å²) in [4.78, 5) is 17.8. The highest BCUT2D eigenvalue weighted by molar-refractivity contribution is 7.90. The number of sulfonamides is 1. The molecule has 1 amide bonds. The standard InChI is InChI=1S/C14H21N3O4S/c1-3-16-22(19,20)13-6-8-17(10-13)14(18)11(2)21-12-5-4-7-15-9-12/h4-5,7,9,11,13,16H,3,6,8,10H2,1-2H3. The highest BCUT2D eigenvalue weighted by Gasteiger charge is 2.36. The molecule has 1 aromatic heterocycles. The van der Waals surface area contributed by atoms with Gasteiger partial charge in [0.25, 0.3) is 5.91 Å². The largest absolute Gasteiger partial charge is 0.479 e. The molecule has 0 aromatic carbocycles. The van der Waals surface area contributed by atoms with Gasteiger partial charge in [0.2, 0.25) is 10.0 Å². The van der Waals surface area contributed by atoms with Crippen LogP contribution in [0.3, 0.4) is 0 Å². The number of ether oxygens (including phenoxy) is 1. The third-order valence-corrected chi connectivity index (χ3v) is 5.49. The molecular formula is C14H21N3O4S. The summed E-state index contributed by atoms with van der Waals surface area (Å²) in [6.07, 6.45) is 2.92. The quantitative estimate of drug-likeness (QED) is 0.816. The van der Waals surface area contributed by atoms with Crippen LogP contribution in [0, 0.1) is 0 Å². The predicted octanol–water partition coefficient (Wildman–Crippen LogP) is 0.389. The highest BCUT2D eigenvalue weighted by atomic mass is 32.2. The normalized spacial score (nSPS) is 19.9. The number of rotatable bonds is 6. The zero-order valence-electron chi connectivity index (χ0n) is 12.7. The van der Waals surface area contributed by atoms with Crippen LogP contribution in [0.5, 0.6) is 5.75 Å². The van der Waals surface area contributed by atoms with Gasteiger partial charge in [0.1, 0.15) is 5.75 Å². The van der Waals surface area contributed by atoms with E-state index >= 15 is 0 Å².